The van der Waals surface area contributed by atoms with E-state index in [4.69, 9.17) is 0 Å². The van der Waals surface area contributed by atoms with Gasteiger partial charge < -0.3 is 4.90 Å². The second-order valence-corrected chi connectivity index (χ2v) is 9.80. The molecule has 2 aliphatic rings. The number of rotatable bonds is 3. The van der Waals surface area contributed by atoms with Crippen LogP contribution in [0.2, 0.25) is 0 Å². The van der Waals surface area contributed by atoms with Gasteiger partial charge in [-0.2, -0.15) is 14.6 Å². The van der Waals surface area contributed by atoms with Crippen LogP contribution in [0.25, 0.3) is 5.52 Å². The smallest absolute Gasteiger partial charge is 0.257 e. The standard InChI is InChI=1S/C18H21N7O2S/c1-12-8-13(12)18(26)22-28(2,27)16-9-20-25-7-6-23(10-15(16)25)17-14-4-3-5-24(14)21-11-19-17/h3-5,9,11-13H,6-8,10H2,1-2H3/t12-,13-,28?/m1/s1. The summed E-state index contributed by atoms with van der Waals surface area (Å²) in [7, 11) is -2.85. The Morgan fingerprint density at radius 3 is 2.93 bits per heavy atom. The fourth-order valence-electron chi connectivity index (χ4n) is 3.77. The number of hydrogen-bond donors (Lipinski definition) is 0. The molecule has 3 atom stereocenters. The molecule has 3 aromatic rings. The number of amides is 1. The van der Waals surface area contributed by atoms with Crippen molar-refractivity contribution < 1.29 is 9.00 Å². The Bertz CT molecular complexity index is 1200. The van der Waals surface area contributed by atoms with E-state index in [2.05, 4.69) is 24.4 Å². The third-order valence-electron chi connectivity index (χ3n) is 5.54. The highest BCUT2D eigenvalue weighted by Gasteiger charge is 2.40. The van der Waals surface area contributed by atoms with Crippen LogP contribution in [-0.4, -0.2) is 47.3 Å². The van der Waals surface area contributed by atoms with Crippen LogP contribution in [0, 0.1) is 11.8 Å². The van der Waals surface area contributed by atoms with Crippen LogP contribution in [0.3, 0.4) is 0 Å². The van der Waals surface area contributed by atoms with E-state index in [-0.39, 0.29) is 11.8 Å². The summed E-state index contributed by atoms with van der Waals surface area (Å²) in [4.78, 5) is 19.4. The molecule has 10 heteroatoms. The van der Waals surface area contributed by atoms with Gasteiger partial charge in [-0.1, -0.05) is 6.92 Å². The van der Waals surface area contributed by atoms with Crippen LogP contribution in [0.1, 0.15) is 19.0 Å². The summed E-state index contributed by atoms with van der Waals surface area (Å²) in [5.74, 6) is 0.830. The van der Waals surface area contributed by atoms with Crippen LogP contribution >= 0.6 is 0 Å². The average Bonchev–Trinajstić information content (AvgIpc) is 3.08. The van der Waals surface area contributed by atoms with Gasteiger partial charge >= 0.3 is 0 Å². The highest BCUT2D eigenvalue weighted by molar-refractivity contribution is 7.93. The van der Waals surface area contributed by atoms with Gasteiger partial charge in [-0.15, -0.1) is 0 Å². The molecule has 5 rings (SSSR count). The van der Waals surface area contributed by atoms with Crippen molar-refractivity contribution in [2.45, 2.75) is 31.3 Å². The van der Waals surface area contributed by atoms with Crippen LogP contribution < -0.4 is 4.90 Å². The van der Waals surface area contributed by atoms with Crippen molar-refractivity contribution in [3.63, 3.8) is 0 Å². The maximum absolute atomic E-state index is 13.3. The fraction of sp³-hybridized carbons (Fsp3) is 0.444. The molecule has 0 N–H and O–H groups in total. The van der Waals surface area contributed by atoms with Crippen LogP contribution in [-0.2, 0) is 27.6 Å². The number of carbonyl (C=O) groups excluding carboxylic acids is 1. The lowest BCUT2D eigenvalue weighted by Gasteiger charge is -2.29. The topological polar surface area (TPSA) is 97.7 Å². The van der Waals surface area contributed by atoms with Gasteiger partial charge in [0.15, 0.2) is 5.82 Å². The number of carbonyl (C=O) groups is 1. The van der Waals surface area contributed by atoms with Gasteiger partial charge in [0.1, 0.15) is 11.8 Å². The van der Waals surface area contributed by atoms with E-state index in [1.54, 1.807) is 10.7 Å². The number of hydrogen-bond acceptors (Lipinski definition) is 6. The molecule has 28 heavy (non-hydrogen) atoms. The normalized spacial score (nSPS) is 23.3. The molecule has 0 spiro atoms. The minimum atomic E-state index is -2.85. The maximum Gasteiger partial charge on any atom is 0.257 e. The fourth-order valence-corrected chi connectivity index (χ4v) is 5.20. The van der Waals surface area contributed by atoms with Crippen LogP contribution in [0.4, 0.5) is 5.82 Å². The number of anilines is 1. The average molecular weight is 399 g/mol. The molecule has 1 aliphatic carbocycles. The van der Waals surface area contributed by atoms with E-state index >= 15 is 0 Å². The molecule has 4 heterocycles. The molecule has 0 radical (unpaired) electrons. The summed E-state index contributed by atoms with van der Waals surface area (Å²) < 4.78 is 21.0. The van der Waals surface area contributed by atoms with E-state index in [1.807, 2.05) is 29.9 Å². The summed E-state index contributed by atoms with van der Waals surface area (Å²) in [6.07, 6.45) is 7.37. The van der Waals surface area contributed by atoms with Gasteiger partial charge in [-0.3, -0.25) is 9.48 Å². The van der Waals surface area contributed by atoms with E-state index in [9.17, 15) is 9.00 Å². The first-order valence-corrected chi connectivity index (χ1v) is 11.2. The molecule has 1 saturated carbocycles. The Morgan fingerprint density at radius 1 is 1.32 bits per heavy atom. The minimum Gasteiger partial charge on any atom is -0.347 e. The van der Waals surface area contributed by atoms with Crippen molar-refractivity contribution in [3.8, 4) is 0 Å². The maximum atomic E-state index is 13.3. The Hall–Kier alpha value is -2.75. The molecule has 3 aromatic heterocycles. The van der Waals surface area contributed by atoms with Gasteiger partial charge in [0.25, 0.3) is 5.91 Å². The molecule has 1 amide bonds. The number of fused-ring (bicyclic) bond motifs is 2. The molecular formula is C18H21N7O2S. The number of nitrogens with zero attached hydrogens (tertiary/aromatic N) is 7. The Labute approximate surface area is 162 Å². The first-order chi connectivity index (χ1) is 13.4. The molecule has 9 nitrogen and oxygen atoms in total. The Morgan fingerprint density at radius 2 is 2.14 bits per heavy atom. The largest absolute Gasteiger partial charge is 0.347 e. The third kappa shape index (κ3) is 2.79. The van der Waals surface area contributed by atoms with Gasteiger partial charge in [0.2, 0.25) is 0 Å². The summed E-state index contributed by atoms with van der Waals surface area (Å²) >= 11 is 0. The Balaban J connectivity index is 1.51. The van der Waals surface area contributed by atoms with E-state index < -0.39 is 9.73 Å². The summed E-state index contributed by atoms with van der Waals surface area (Å²) in [6, 6.07) is 3.89. The monoisotopic (exact) mass is 399 g/mol. The van der Waals surface area contributed by atoms with Crippen molar-refractivity contribution in [2.24, 2.45) is 16.2 Å². The number of aromatic nitrogens is 5. The highest BCUT2D eigenvalue weighted by atomic mass is 32.2. The molecule has 146 valence electrons. The molecule has 1 fully saturated rings. The predicted molar refractivity (Wildman–Crippen MR) is 103 cm³/mol. The zero-order chi connectivity index (χ0) is 19.5. The molecule has 1 aliphatic heterocycles. The lowest BCUT2D eigenvalue weighted by molar-refractivity contribution is -0.119. The molecule has 1 unspecified atom stereocenters. The van der Waals surface area contributed by atoms with E-state index in [1.165, 1.54) is 12.6 Å². The molecule has 0 bridgehead atoms. The lowest BCUT2D eigenvalue weighted by atomic mass is 10.3. The van der Waals surface area contributed by atoms with Gasteiger partial charge in [0, 0.05) is 24.9 Å². The molecule has 0 saturated heterocycles. The molecule has 0 aromatic carbocycles. The Kier molecular flexibility index (Phi) is 3.80. The summed E-state index contributed by atoms with van der Waals surface area (Å²) in [5, 5.41) is 8.60. The van der Waals surface area contributed by atoms with Crippen molar-refractivity contribution in [2.75, 3.05) is 17.7 Å². The van der Waals surface area contributed by atoms with Crippen molar-refractivity contribution in [1.82, 2.24) is 24.4 Å². The third-order valence-corrected chi connectivity index (χ3v) is 7.23. The van der Waals surface area contributed by atoms with E-state index in [0.717, 1.165) is 30.0 Å². The summed E-state index contributed by atoms with van der Waals surface area (Å²) in [5.41, 5.74) is 1.74. The zero-order valence-electron chi connectivity index (χ0n) is 15.7. The first-order valence-electron chi connectivity index (χ1n) is 9.28. The second-order valence-electron chi connectivity index (χ2n) is 7.57. The van der Waals surface area contributed by atoms with Crippen molar-refractivity contribution >= 4 is 27.0 Å². The SMILES string of the molecule is C[C@@H]1C[C@H]1C(=O)N=S(C)(=O)c1cnn2c1CN(c1ncnn3cccc13)CC2. The van der Waals surface area contributed by atoms with Crippen LogP contribution in [0.5, 0.6) is 0 Å². The van der Waals surface area contributed by atoms with Crippen LogP contribution in [0.15, 0.2) is 40.1 Å². The van der Waals surface area contributed by atoms with Crippen molar-refractivity contribution in [3.05, 3.63) is 36.5 Å². The zero-order valence-corrected chi connectivity index (χ0v) is 16.5. The lowest BCUT2D eigenvalue weighted by Crippen LogP contribution is -2.35. The van der Waals surface area contributed by atoms with Gasteiger partial charge in [-0.25, -0.2) is 13.7 Å². The van der Waals surface area contributed by atoms with Crippen molar-refractivity contribution in [1.29, 1.82) is 0 Å². The van der Waals surface area contributed by atoms with Gasteiger partial charge in [0.05, 0.1) is 39.6 Å². The quantitative estimate of drug-likeness (QED) is 0.663. The predicted octanol–water partition coefficient (Wildman–Crippen LogP) is 1.59. The molecular weight excluding hydrogens is 378 g/mol. The van der Waals surface area contributed by atoms with E-state index in [0.29, 0.717) is 23.9 Å². The first kappa shape index (κ1) is 17.4. The minimum absolute atomic E-state index is 0.0765. The van der Waals surface area contributed by atoms with Gasteiger partial charge in [-0.05, 0) is 24.5 Å². The second kappa shape index (κ2) is 6.13. The highest BCUT2D eigenvalue weighted by Crippen LogP contribution is 2.39. The summed E-state index contributed by atoms with van der Waals surface area (Å²) in [6.45, 7) is 3.89.